The summed E-state index contributed by atoms with van der Waals surface area (Å²) in [7, 11) is 0. The molecule has 5 rings (SSSR count). The van der Waals surface area contributed by atoms with Crippen molar-refractivity contribution in [1.82, 2.24) is 0 Å². The van der Waals surface area contributed by atoms with Crippen LogP contribution in [0.5, 0.6) is 5.75 Å². The van der Waals surface area contributed by atoms with Crippen molar-refractivity contribution in [1.29, 1.82) is 0 Å². The first kappa shape index (κ1) is 20.4. The molecule has 7 nitrogen and oxygen atoms in total. The molecule has 0 amide bonds. The van der Waals surface area contributed by atoms with E-state index in [9.17, 15) is 19.2 Å². The Balaban J connectivity index is 1.18. The number of ketones is 1. The van der Waals surface area contributed by atoms with Gasteiger partial charge in [0.1, 0.15) is 16.7 Å². The third-order valence-corrected chi connectivity index (χ3v) is 8.30. The lowest BCUT2D eigenvalue weighted by atomic mass is 9.80. The number of fused-ring (bicyclic) bond motifs is 1. The lowest BCUT2D eigenvalue weighted by molar-refractivity contribution is -0.154. The molecule has 9 heteroatoms. The van der Waals surface area contributed by atoms with Gasteiger partial charge >= 0.3 is 17.9 Å². The molecule has 1 aliphatic heterocycles. The Morgan fingerprint density at radius 1 is 1.13 bits per heavy atom. The van der Waals surface area contributed by atoms with E-state index < -0.39 is 30.4 Å². The molecule has 1 saturated heterocycles. The van der Waals surface area contributed by atoms with E-state index in [-0.39, 0.29) is 34.5 Å². The number of hydrogen-bond acceptors (Lipinski definition) is 8. The van der Waals surface area contributed by atoms with E-state index in [1.165, 1.54) is 35.6 Å². The summed E-state index contributed by atoms with van der Waals surface area (Å²) in [6.45, 7) is -0.417. The second kappa shape index (κ2) is 7.87. The number of Topliss-reactive ketones (excluding diaryl/α,β-unsaturated/α-hetero) is 1. The van der Waals surface area contributed by atoms with Crippen LogP contribution in [-0.2, 0) is 19.1 Å². The average molecular weight is 505 g/mol. The maximum absolute atomic E-state index is 12.7. The molecule has 0 N–H and O–H groups in total. The summed E-state index contributed by atoms with van der Waals surface area (Å²) >= 11 is 4.83. The predicted molar refractivity (Wildman–Crippen MR) is 112 cm³/mol. The number of hydrogen-bond donors (Lipinski definition) is 0. The Kier molecular flexibility index (Phi) is 5.18. The minimum atomic E-state index is -0.576. The zero-order chi connectivity index (χ0) is 21.7. The van der Waals surface area contributed by atoms with E-state index in [1.807, 2.05) is 0 Å². The van der Waals surface area contributed by atoms with Gasteiger partial charge in [0.15, 0.2) is 12.4 Å². The molecule has 2 heterocycles. The predicted octanol–water partition coefficient (Wildman–Crippen LogP) is 3.26. The monoisotopic (exact) mass is 504 g/mol. The van der Waals surface area contributed by atoms with Crippen molar-refractivity contribution in [2.45, 2.75) is 17.4 Å². The van der Waals surface area contributed by atoms with Crippen LogP contribution in [-0.4, -0.2) is 41.2 Å². The molecular formula is C22H17BrO7S. The normalized spacial score (nSPS) is 30.2. The van der Waals surface area contributed by atoms with Crippen molar-refractivity contribution in [3.8, 4) is 5.75 Å². The van der Waals surface area contributed by atoms with Crippen LogP contribution in [0, 0.1) is 23.7 Å². The molecule has 3 aliphatic rings. The van der Waals surface area contributed by atoms with Crippen LogP contribution in [0.25, 0.3) is 0 Å². The van der Waals surface area contributed by atoms with Gasteiger partial charge in [-0.1, -0.05) is 22.0 Å². The molecule has 1 aromatic heterocycles. The van der Waals surface area contributed by atoms with Crippen LogP contribution in [0.3, 0.4) is 0 Å². The number of carbonyl (C=O) groups is 4. The number of thiophene rings is 1. The zero-order valence-electron chi connectivity index (χ0n) is 16.1. The highest BCUT2D eigenvalue weighted by molar-refractivity contribution is 9.09. The maximum Gasteiger partial charge on any atom is 0.353 e. The van der Waals surface area contributed by atoms with Crippen LogP contribution in [0.15, 0.2) is 41.8 Å². The van der Waals surface area contributed by atoms with Crippen molar-refractivity contribution >= 4 is 51.0 Å². The summed E-state index contributed by atoms with van der Waals surface area (Å²) in [5.41, 5.74) is 0.329. The van der Waals surface area contributed by atoms with Crippen molar-refractivity contribution < 1.29 is 33.4 Å². The summed E-state index contributed by atoms with van der Waals surface area (Å²) < 4.78 is 15.9. The lowest BCUT2D eigenvalue weighted by Crippen LogP contribution is -2.39. The van der Waals surface area contributed by atoms with Gasteiger partial charge in [0.2, 0.25) is 0 Å². The average Bonchev–Trinajstić information content (AvgIpc) is 3.52. The van der Waals surface area contributed by atoms with Crippen LogP contribution in [0.1, 0.15) is 26.5 Å². The van der Waals surface area contributed by atoms with Gasteiger partial charge in [0.05, 0.1) is 16.7 Å². The number of ether oxygens (including phenoxy) is 3. The highest BCUT2D eigenvalue weighted by Crippen LogP contribution is 2.60. The van der Waals surface area contributed by atoms with Gasteiger partial charge in [-0.05, 0) is 48.1 Å². The SMILES string of the molecule is O=C(COC(=O)[C@@H]1[C@H]2C[C@H]3[C@H](OC(=O)[C@@H]31)[C@H]2Br)c1ccc(OC(=O)c2cccs2)cc1. The first-order valence-electron chi connectivity index (χ1n) is 9.84. The molecule has 6 atom stereocenters. The fourth-order valence-corrected chi connectivity index (χ4v) is 6.51. The van der Waals surface area contributed by atoms with E-state index in [1.54, 1.807) is 17.5 Å². The van der Waals surface area contributed by atoms with Gasteiger partial charge in [-0.2, -0.15) is 0 Å². The number of rotatable bonds is 6. The maximum atomic E-state index is 12.7. The second-order valence-electron chi connectivity index (χ2n) is 7.88. The first-order valence-corrected chi connectivity index (χ1v) is 11.6. The molecule has 3 fully saturated rings. The Labute approximate surface area is 189 Å². The summed E-state index contributed by atoms with van der Waals surface area (Å²) in [5.74, 6) is -2.44. The standard InChI is InChI=1S/C22H17BrO7S/c23-18-12-8-13-17(22(27)30-19(13)18)16(12)21(26)28-9-14(24)10-3-5-11(6-4-10)29-20(25)15-2-1-7-31-15/h1-7,12-13,16-19H,8-9H2/t12-,13-,16-,17+,18+,19+/m1/s1. The smallest absolute Gasteiger partial charge is 0.353 e. The number of halogens is 1. The molecule has 0 radical (unpaired) electrons. The third-order valence-electron chi connectivity index (χ3n) is 6.25. The summed E-state index contributed by atoms with van der Waals surface area (Å²) in [4.78, 5) is 49.7. The number of esters is 3. The van der Waals surface area contributed by atoms with Gasteiger partial charge in [0, 0.05) is 11.5 Å². The lowest BCUT2D eigenvalue weighted by Gasteiger charge is -2.26. The van der Waals surface area contributed by atoms with E-state index in [0.29, 0.717) is 16.2 Å². The number of benzene rings is 1. The van der Waals surface area contributed by atoms with Gasteiger partial charge in [-0.3, -0.25) is 14.4 Å². The van der Waals surface area contributed by atoms with Crippen molar-refractivity contribution in [3.05, 3.63) is 52.2 Å². The van der Waals surface area contributed by atoms with E-state index in [4.69, 9.17) is 14.2 Å². The molecule has 1 aromatic carbocycles. The van der Waals surface area contributed by atoms with E-state index >= 15 is 0 Å². The molecule has 2 aromatic rings. The highest BCUT2D eigenvalue weighted by atomic mass is 79.9. The summed E-state index contributed by atoms with van der Waals surface area (Å²) in [6, 6.07) is 9.48. The van der Waals surface area contributed by atoms with E-state index in [2.05, 4.69) is 15.9 Å². The van der Waals surface area contributed by atoms with Crippen LogP contribution < -0.4 is 4.74 Å². The minimum Gasteiger partial charge on any atom is -0.461 e. The van der Waals surface area contributed by atoms with Gasteiger partial charge in [-0.25, -0.2) is 4.79 Å². The number of carbonyl (C=O) groups excluding carboxylic acids is 4. The van der Waals surface area contributed by atoms with Crippen LogP contribution in [0.4, 0.5) is 0 Å². The Bertz CT molecular complexity index is 1050. The first-order chi connectivity index (χ1) is 14.9. The Morgan fingerprint density at radius 3 is 2.61 bits per heavy atom. The van der Waals surface area contributed by atoms with Crippen molar-refractivity contribution in [2.75, 3.05) is 6.61 Å². The fraction of sp³-hybridized carbons (Fsp3) is 0.364. The quantitative estimate of drug-likeness (QED) is 0.257. The molecule has 2 bridgehead atoms. The molecule has 160 valence electrons. The largest absolute Gasteiger partial charge is 0.461 e. The molecule has 0 unspecified atom stereocenters. The Morgan fingerprint density at radius 2 is 1.90 bits per heavy atom. The summed E-state index contributed by atoms with van der Waals surface area (Å²) in [5, 5.41) is 1.78. The molecule has 2 aliphatic carbocycles. The van der Waals surface area contributed by atoms with E-state index in [0.717, 1.165) is 6.42 Å². The van der Waals surface area contributed by atoms with Gasteiger partial charge in [0.25, 0.3) is 0 Å². The summed E-state index contributed by atoms with van der Waals surface area (Å²) in [6.07, 6.45) is 0.580. The molecule has 2 saturated carbocycles. The third kappa shape index (κ3) is 3.49. The van der Waals surface area contributed by atoms with Gasteiger partial charge in [-0.15, -0.1) is 11.3 Å². The molecular weight excluding hydrogens is 488 g/mol. The minimum absolute atomic E-state index is 0.0219. The topological polar surface area (TPSA) is 96.0 Å². The molecule has 31 heavy (non-hydrogen) atoms. The van der Waals surface area contributed by atoms with Crippen molar-refractivity contribution in [2.24, 2.45) is 23.7 Å². The number of alkyl halides is 1. The Hall–Kier alpha value is -2.52. The zero-order valence-corrected chi connectivity index (χ0v) is 18.5. The molecule has 0 spiro atoms. The van der Waals surface area contributed by atoms with Gasteiger partial charge < -0.3 is 14.2 Å². The van der Waals surface area contributed by atoms with Crippen molar-refractivity contribution in [3.63, 3.8) is 0 Å². The van der Waals surface area contributed by atoms with Crippen LogP contribution >= 0.6 is 27.3 Å². The highest BCUT2D eigenvalue weighted by Gasteiger charge is 2.68. The van der Waals surface area contributed by atoms with Crippen LogP contribution in [0.2, 0.25) is 0 Å². The fourth-order valence-electron chi connectivity index (χ4n) is 4.87. The second-order valence-corrected chi connectivity index (χ2v) is 9.89.